The number of hydrogen-bond acceptors (Lipinski definition) is 4. The summed E-state index contributed by atoms with van der Waals surface area (Å²) in [7, 11) is 0. The lowest BCUT2D eigenvalue weighted by atomic mass is 10.1. The van der Waals surface area contributed by atoms with Crippen LogP contribution in [-0.4, -0.2) is 22.1 Å². The summed E-state index contributed by atoms with van der Waals surface area (Å²) in [4.78, 5) is 20.0. The first kappa shape index (κ1) is 17.2. The lowest BCUT2D eigenvalue weighted by Crippen LogP contribution is -2.19. The van der Waals surface area contributed by atoms with Crippen molar-refractivity contribution < 1.29 is 4.79 Å². The van der Waals surface area contributed by atoms with E-state index in [2.05, 4.69) is 20.5 Å². The van der Waals surface area contributed by atoms with Gasteiger partial charge in [0.15, 0.2) is 0 Å². The number of aromatic amines is 1. The van der Waals surface area contributed by atoms with Gasteiger partial charge in [-0.3, -0.25) is 4.79 Å². The maximum absolute atomic E-state index is 12.2. The molecule has 0 aliphatic rings. The molecule has 2 heterocycles. The van der Waals surface area contributed by atoms with E-state index in [0.717, 1.165) is 38.4 Å². The Bertz CT molecular complexity index is 1110. The number of hydrazone groups is 1. The van der Waals surface area contributed by atoms with Gasteiger partial charge in [-0.15, -0.1) is 11.3 Å². The first-order valence-electron chi connectivity index (χ1n) is 8.60. The average molecular weight is 374 g/mol. The summed E-state index contributed by atoms with van der Waals surface area (Å²) >= 11 is 1.48. The topological polar surface area (TPSA) is 70.1 Å². The fraction of sp³-hybridized carbons (Fsp3) is 0.0952. The van der Waals surface area contributed by atoms with Gasteiger partial charge in [-0.2, -0.15) is 5.10 Å². The molecule has 4 rings (SSSR count). The summed E-state index contributed by atoms with van der Waals surface area (Å²) in [5.41, 5.74) is 7.58. The smallest absolute Gasteiger partial charge is 0.246 e. The van der Waals surface area contributed by atoms with E-state index in [-0.39, 0.29) is 12.3 Å². The fourth-order valence-corrected chi connectivity index (χ4v) is 3.75. The minimum atomic E-state index is -0.183. The second kappa shape index (κ2) is 7.55. The van der Waals surface area contributed by atoms with Gasteiger partial charge in [-0.1, -0.05) is 48.5 Å². The monoisotopic (exact) mass is 374 g/mol. The normalized spacial score (nSPS) is 11.3. The van der Waals surface area contributed by atoms with E-state index in [4.69, 9.17) is 0 Å². The number of amides is 1. The SMILES string of the molecule is Cc1[nH]c2ccccc2c1/C=N/NC(=O)Cc1nc(-c2ccccc2)cs1. The summed E-state index contributed by atoms with van der Waals surface area (Å²) in [6.07, 6.45) is 1.89. The van der Waals surface area contributed by atoms with Crippen LogP contribution in [0.3, 0.4) is 0 Å². The number of fused-ring (bicyclic) bond motifs is 1. The van der Waals surface area contributed by atoms with Crippen molar-refractivity contribution in [2.45, 2.75) is 13.3 Å². The number of nitrogens with one attached hydrogen (secondary N) is 2. The van der Waals surface area contributed by atoms with Gasteiger partial charge >= 0.3 is 0 Å². The van der Waals surface area contributed by atoms with Crippen LogP contribution in [0.4, 0.5) is 0 Å². The third-order valence-corrected chi connectivity index (χ3v) is 5.11. The van der Waals surface area contributed by atoms with Crippen LogP contribution in [0.15, 0.2) is 65.1 Å². The van der Waals surface area contributed by atoms with Gasteiger partial charge in [0.2, 0.25) is 5.91 Å². The van der Waals surface area contributed by atoms with E-state index in [0.29, 0.717) is 0 Å². The zero-order valence-electron chi connectivity index (χ0n) is 14.8. The zero-order valence-corrected chi connectivity index (χ0v) is 15.6. The molecule has 1 amide bonds. The number of carbonyl (C=O) groups is 1. The lowest BCUT2D eigenvalue weighted by molar-refractivity contribution is -0.120. The van der Waals surface area contributed by atoms with Crippen LogP contribution in [-0.2, 0) is 11.2 Å². The molecule has 6 heteroatoms. The van der Waals surface area contributed by atoms with E-state index in [1.807, 2.05) is 66.9 Å². The van der Waals surface area contributed by atoms with E-state index in [1.165, 1.54) is 11.3 Å². The molecule has 0 saturated carbocycles. The predicted octanol–water partition coefficient (Wildman–Crippen LogP) is 4.29. The minimum Gasteiger partial charge on any atom is -0.358 e. The summed E-state index contributed by atoms with van der Waals surface area (Å²) in [5, 5.41) is 7.94. The second-order valence-electron chi connectivity index (χ2n) is 6.17. The van der Waals surface area contributed by atoms with Crippen LogP contribution in [0.1, 0.15) is 16.3 Å². The molecule has 4 aromatic rings. The molecular weight excluding hydrogens is 356 g/mol. The molecule has 27 heavy (non-hydrogen) atoms. The maximum Gasteiger partial charge on any atom is 0.246 e. The third-order valence-electron chi connectivity index (χ3n) is 4.26. The highest BCUT2D eigenvalue weighted by Gasteiger charge is 2.09. The molecule has 5 nitrogen and oxygen atoms in total. The van der Waals surface area contributed by atoms with Crippen LogP contribution in [0.25, 0.3) is 22.2 Å². The standard InChI is InChI=1S/C21H18N4OS/c1-14-17(16-9-5-6-10-18(16)23-14)12-22-25-20(26)11-21-24-19(13-27-21)15-7-3-2-4-8-15/h2-10,12-13,23H,11H2,1H3,(H,25,26)/b22-12+. The summed E-state index contributed by atoms with van der Waals surface area (Å²) in [6, 6.07) is 18.0. The van der Waals surface area contributed by atoms with E-state index in [1.54, 1.807) is 6.21 Å². The quantitative estimate of drug-likeness (QED) is 0.404. The number of benzene rings is 2. The van der Waals surface area contributed by atoms with Gasteiger partial charge < -0.3 is 4.98 Å². The Morgan fingerprint density at radius 1 is 1.19 bits per heavy atom. The van der Waals surface area contributed by atoms with Crippen molar-refractivity contribution in [3.05, 3.63) is 76.2 Å². The number of H-pyrrole nitrogens is 1. The summed E-state index contributed by atoms with van der Waals surface area (Å²) in [5.74, 6) is -0.183. The number of rotatable bonds is 5. The van der Waals surface area contributed by atoms with Crippen LogP contribution < -0.4 is 5.43 Å². The maximum atomic E-state index is 12.2. The van der Waals surface area contributed by atoms with Crippen molar-refractivity contribution in [2.24, 2.45) is 5.10 Å². The first-order valence-corrected chi connectivity index (χ1v) is 9.48. The van der Waals surface area contributed by atoms with Crippen molar-refractivity contribution in [3.63, 3.8) is 0 Å². The van der Waals surface area contributed by atoms with Gasteiger partial charge in [0.1, 0.15) is 5.01 Å². The van der Waals surface area contributed by atoms with E-state index >= 15 is 0 Å². The molecule has 0 fully saturated rings. The Hall–Kier alpha value is -3.25. The van der Waals surface area contributed by atoms with Crippen LogP contribution in [0.5, 0.6) is 0 Å². The zero-order chi connectivity index (χ0) is 18.6. The van der Waals surface area contributed by atoms with Crippen molar-refractivity contribution >= 4 is 34.4 Å². The first-order chi connectivity index (χ1) is 13.2. The average Bonchev–Trinajstić information content (AvgIpc) is 3.27. The molecule has 2 aromatic heterocycles. The molecule has 2 aromatic carbocycles. The van der Waals surface area contributed by atoms with Gasteiger partial charge in [0.05, 0.1) is 18.3 Å². The Kier molecular flexibility index (Phi) is 4.80. The summed E-state index contributed by atoms with van der Waals surface area (Å²) in [6.45, 7) is 1.99. The molecule has 0 radical (unpaired) electrons. The highest BCUT2D eigenvalue weighted by molar-refractivity contribution is 7.10. The van der Waals surface area contributed by atoms with Crippen molar-refractivity contribution in [1.29, 1.82) is 0 Å². The molecular formula is C21H18N4OS. The second-order valence-corrected chi connectivity index (χ2v) is 7.11. The Labute approximate surface area is 160 Å². The third kappa shape index (κ3) is 3.80. The number of hydrogen-bond donors (Lipinski definition) is 2. The number of para-hydroxylation sites is 1. The molecule has 0 aliphatic carbocycles. The van der Waals surface area contributed by atoms with Crippen molar-refractivity contribution in [3.8, 4) is 11.3 Å². The Morgan fingerprint density at radius 2 is 1.96 bits per heavy atom. The van der Waals surface area contributed by atoms with Crippen LogP contribution in [0.2, 0.25) is 0 Å². The molecule has 2 N–H and O–H groups in total. The Balaban J connectivity index is 1.41. The number of thiazole rings is 1. The highest BCUT2D eigenvalue weighted by atomic mass is 32.1. The largest absolute Gasteiger partial charge is 0.358 e. The molecule has 0 bridgehead atoms. The van der Waals surface area contributed by atoms with Crippen molar-refractivity contribution in [1.82, 2.24) is 15.4 Å². The molecule has 0 unspecified atom stereocenters. The van der Waals surface area contributed by atoms with E-state index < -0.39 is 0 Å². The minimum absolute atomic E-state index is 0.183. The molecule has 0 saturated heterocycles. The molecule has 0 spiro atoms. The molecule has 0 atom stereocenters. The van der Waals surface area contributed by atoms with Gasteiger partial charge in [0.25, 0.3) is 0 Å². The number of aryl methyl sites for hydroxylation is 1. The van der Waals surface area contributed by atoms with Gasteiger partial charge in [-0.05, 0) is 13.0 Å². The van der Waals surface area contributed by atoms with E-state index in [9.17, 15) is 4.79 Å². The Morgan fingerprint density at radius 3 is 2.81 bits per heavy atom. The van der Waals surface area contributed by atoms with Gasteiger partial charge in [-0.25, -0.2) is 10.4 Å². The van der Waals surface area contributed by atoms with Gasteiger partial charge in [0, 0.05) is 33.1 Å². The number of aromatic nitrogens is 2. The van der Waals surface area contributed by atoms with Crippen LogP contribution in [0, 0.1) is 6.92 Å². The molecule has 0 aliphatic heterocycles. The summed E-state index contributed by atoms with van der Waals surface area (Å²) < 4.78 is 0. The van der Waals surface area contributed by atoms with Crippen LogP contribution >= 0.6 is 11.3 Å². The fourth-order valence-electron chi connectivity index (χ4n) is 2.94. The lowest BCUT2D eigenvalue weighted by Gasteiger charge is -1.98. The predicted molar refractivity (Wildman–Crippen MR) is 110 cm³/mol. The molecule has 134 valence electrons. The number of carbonyl (C=O) groups excluding carboxylic acids is 1. The highest BCUT2D eigenvalue weighted by Crippen LogP contribution is 2.22. The number of nitrogens with zero attached hydrogens (tertiary/aromatic N) is 2. The van der Waals surface area contributed by atoms with Crippen molar-refractivity contribution in [2.75, 3.05) is 0 Å².